The van der Waals surface area contributed by atoms with Crippen molar-refractivity contribution < 1.29 is 4.39 Å². The smallest absolute Gasteiger partial charge is 0.146 e. The van der Waals surface area contributed by atoms with Crippen molar-refractivity contribution >= 4 is 11.6 Å². The highest BCUT2D eigenvalue weighted by molar-refractivity contribution is 6.30. The average Bonchev–Trinajstić information content (AvgIpc) is 2.28. The minimum atomic E-state index is -0.333. The lowest BCUT2D eigenvalue weighted by atomic mass is 10.0. The van der Waals surface area contributed by atoms with E-state index in [4.69, 9.17) is 11.6 Å². The van der Waals surface area contributed by atoms with Gasteiger partial charge < -0.3 is 5.32 Å². The summed E-state index contributed by atoms with van der Waals surface area (Å²) in [6.45, 7) is 6.94. The monoisotopic (exact) mass is 255 g/mol. The van der Waals surface area contributed by atoms with E-state index in [9.17, 15) is 4.39 Å². The van der Waals surface area contributed by atoms with Crippen LogP contribution in [-0.4, -0.2) is 6.54 Å². The normalized spacial score (nSPS) is 12.3. The van der Waals surface area contributed by atoms with Gasteiger partial charge in [0.25, 0.3) is 0 Å². The number of halogens is 2. The molecule has 0 aliphatic carbocycles. The van der Waals surface area contributed by atoms with E-state index in [1.54, 1.807) is 18.2 Å². The summed E-state index contributed by atoms with van der Waals surface area (Å²) in [5, 5.41) is 3.48. The Morgan fingerprint density at radius 3 is 2.76 bits per heavy atom. The summed E-state index contributed by atoms with van der Waals surface area (Å²) < 4.78 is 13.9. The van der Waals surface area contributed by atoms with Gasteiger partial charge in [0.1, 0.15) is 5.82 Å². The second kappa shape index (κ2) is 6.77. The molecule has 1 unspecified atom stereocenters. The van der Waals surface area contributed by atoms with Crippen molar-refractivity contribution in [2.75, 3.05) is 6.54 Å². The second-order valence-electron chi connectivity index (χ2n) is 4.32. The van der Waals surface area contributed by atoms with Crippen molar-refractivity contribution in [3.8, 4) is 0 Å². The van der Waals surface area contributed by atoms with Crippen LogP contribution in [-0.2, 0) is 0 Å². The Balaban J connectivity index is 3.03. The van der Waals surface area contributed by atoms with E-state index in [2.05, 4.69) is 12.2 Å². The third-order valence-corrected chi connectivity index (χ3v) is 2.72. The molecule has 0 bridgehead atoms. The van der Waals surface area contributed by atoms with Gasteiger partial charge in [-0.3, -0.25) is 0 Å². The van der Waals surface area contributed by atoms with Crippen LogP contribution < -0.4 is 5.32 Å². The quantitative estimate of drug-likeness (QED) is 0.765. The van der Waals surface area contributed by atoms with Crippen LogP contribution in [0.5, 0.6) is 0 Å². The van der Waals surface area contributed by atoms with Crippen molar-refractivity contribution in [1.29, 1.82) is 0 Å². The lowest BCUT2D eigenvalue weighted by molar-refractivity contribution is 0.554. The van der Waals surface area contributed by atoms with Gasteiger partial charge in [0, 0.05) is 5.56 Å². The fourth-order valence-corrected chi connectivity index (χ4v) is 1.83. The van der Waals surface area contributed by atoms with Gasteiger partial charge in [0.15, 0.2) is 0 Å². The van der Waals surface area contributed by atoms with Gasteiger partial charge in [-0.15, -0.1) is 0 Å². The Morgan fingerprint density at radius 1 is 1.47 bits per heavy atom. The summed E-state index contributed by atoms with van der Waals surface area (Å²) in [7, 11) is 0. The highest BCUT2D eigenvalue weighted by atomic mass is 35.5. The molecule has 0 amide bonds. The molecule has 0 radical (unpaired) electrons. The predicted molar refractivity (Wildman–Crippen MR) is 71.9 cm³/mol. The van der Waals surface area contributed by atoms with Gasteiger partial charge in [-0.05, 0) is 32.9 Å². The molecule has 1 aromatic rings. The van der Waals surface area contributed by atoms with Gasteiger partial charge in [0.2, 0.25) is 0 Å². The summed E-state index contributed by atoms with van der Waals surface area (Å²) in [5.74, 6) is -0.333. The average molecular weight is 256 g/mol. The summed E-state index contributed by atoms with van der Waals surface area (Å²) in [5.41, 5.74) is 1.75. The molecule has 0 aliphatic heterocycles. The molecule has 0 aliphatic rings. The topological polar surface area (TPSA) is 12.0 Å². The molecule has 0 aromatic heterocycles. The van der Waals surface area contributed by atoms with Crippen LogP contribution in [0, 0.1) is 5.82 Å². The molecule has 1 rings (SSSR count). The van der Waals surface area contributed by atoms with Crippen molar-refractivity contribution in [2.45, 2.75) is 33.2 Å². The molecule has 0 saturated heterocycles. The van der Waals surface area contributed by atoms with E-state index in [0.29, 0.717) is 5.56 Å². The standard InChI is InChI=1S/C14H19ClFN/c1-4-8-17-13(9-10(2)3)11-6-5-7-12(15)14(11)16/h5-7,9,13,17H,4,8H2,1-3H3. The second-order valence-corrected chi connectivity index (χ2v) is 4.73. The van der Waals surface area contributed by atoms with Crippen molar-refractivity contribution in [1.82, 2.24) is 5.32 Å². The lowest BCUT2D eigenvalue weighted by Crippen LogP contribution is -2.21. The van der Waals surface area contributed by atoms with E-state index >= 15 is 0 Å². The Bertz CT molecular complexity index is 397. The Hall–Kier alpha value is -0.860. The maximum atomic E-state index is 13.9. The molecule has 0 heterocycles. The predicted octanol–water partition coefficient (Wildman–Crippen LogP) is 4.49. The maximum absolute atomic E-state index is 13.9. The molecule has 17 heavy (non-hydrogen) atoms. The van der Waals surface area contributed by atoms with E-state index in [0.717, 1.165) is 18.5 Å². The molecule has 1 atom stereocenters. The fraction of sp³-hybridized carbons (Fsp3) is 0.429. The lowest BCUT2D eigenvalue weighted by Gasteiger charge is -2.17. The van der Waals surface area contributed by atoms with Crippen molar-refractivity contribution in [3.63, 3.8) is 0 Å². The SMILES string of the molecule is CCCNC(C=C(C)C)c1cccc(Cl)c1F. The summed E-state index contributed by atoms with van der Waals surface area (Å²) in [6, 6.07) is 5.01. The van der Waals surface area contributed by atoms with Gasteiger partial charge in [-0.25, -0.2) is 4.39 Å². The zero-order chi connectivity index (χ0) is 12.8. The summed E-state index contributed by atoms with van der Waals surface area (Å²) in [6.07, 6.45) is 3.03. The molecular weight excluding hydrogens is 237 g/mol. The van der Waals surface area contributed by atoms with Crippen molar-refractivity contribution in [2.24, 2.45) is 0 Å². The highest BCUT2D eigenvalue weighted by Crippen LogP contribution is 2.25. The third kappa shape index (κ3) is 4.14. The van der Waals surface area contributed by atoms with Crippen LogP contribution >= 0.6 is 11.6 Å². The number of hydrogen-bond acceptors (Lipinski definition) is 1. The number of benzene rings is 1. The van der Waals surface area contributed by atoms with Crippen LogP contribution in [0.4, 0.5) is 4.39 Å². The molecule has 0 spiro atoms. The fourth-order valence-electron chi connectivity index (χ4n) is 1.65. The van der Waals surface area contributed by atoms with Gasteiger partial charge in [-0.1, -0.05) is 42.3 Å². The van der Waals surface area contributed by atoms with E-state index < -0.39 is 0 Å². The van der Waals surface area contributed by atoms with Crippen LogP contribution in [0.25, 0.3) is 0 Å². The largest absolute Gasteiger partial charge is 0.307 e. The Labute approximate surface area is 108 Å². The number of nitrogens with one attached hydrogen (secondary N) is 1. The third-order valence-electron chi connectivity index (χ3n) is 2.43. The maximum Gasteiger partial charge on any atom is 0.146 e. The van der Waals surface area contributed by atoms with E-state index in [1.165, 1.54) is 0 Å². The summed E-state index contributed by atoms with van der Waals surface area (Å²) in [4.78, 5) is 0. The van der Waals surface area contributed by atoms with Crippen molar-refractivity contribution in [3.05, 3.63) is 46.3 Å². The van der Waals surface area contributed by atoms with E-state index in [-0.39, 0.29) is 16.9 Å². The number of allylic oxidation sites excluding steroid dienone is 1. The first kappa shape index (κ1) is 14.2. The van der Waals surface area contributed by atoms with Crippen LogP contribution in [0.3, 0.4) is 0 Å². The van der Waals surface area contributed by atoms with Gasteiger partial charge >= 0.3 is 0 Å². The zero-order valence-electron chi connectivity index (χ0n) is 10.6. The van der Waals surface area contributed by atoms with Crippen LogP contribution in [0.2, 0.25) is 5.02 Å². The number of rotatable bonds is 5. The minimum Gasteiger partial charge on any atom is -0.307 e. The molecule has 1 N–H and O–H groups in total. The molecule has 94 valence electrons. The Kier molecular flexibility index (Phi) is 5.66. The van der Waals surface area contributed by atoms with Crippen LogP contribution in [0.1, 0.15) is 38.8 Å². The van der Waals surface area contributed by atoms with Gasteiger partial charge in [-0.2, -0.15) is 0 Å². The minimum absolute atomic E-state index is 0.112. The summed E-state index contributed by atoms with van der Waals surface area (Å²) >= 11 is 5.81. The molecule has 1 aromatic carbocycles. The molecule has 1 nitrogen and oxygen atoms in total. The zero-order valence-corrected chi connectivity index (χ0v) is 11.3. The first-order valence-electron chi connectivity index (χ1n) is 5.88. The Morgan fingerprint density at radius 2 is 2.18 bits per heavy atom. The van der Waals surface area contributed by atoms with Crippen LogP contribution in [0.15, 0.2) is 29.8 Å². The first-order chi connectivity index (χ1) is 8.06. The first-order valence-corrected chi connectivity index (χ1v) is 6.26. The van der Waals surface area contributed by atoms with Gasteiger partial charge in [0.05, 0.1) is 11.1 Å². The highest BCUT2D eigenvalue weighted by Gasteiger charge is 2.14. The number of hydrogen-bond donors (Lipinski definition) is 1. The molecular formula is C14H19ClFN. The van der Waals surface area contributed by atoms with E-state index in [1.807, 2.05) is 19.9 Å². The molecule has 0 saturated carbocycles. The molecule has 3 heteroatoms. The molecule has 0 fully saturated rings.